The van der Waals surface area contributed by atoms with Gasteiger partial charge in [-0.15, -0.1) is 0 Å². The summed E-state index contributed by atoms with van der Waals surface area (Å²) in [5.74, 6) is -1.14. The zero-order chi connectivity index (χ0) is 17.0. The first kappa shape index (κ1) is 18.2. The molecule has 7 heteroatoms. The van der Waals surface area contributed by atoms with Gasteiger partial charge in [-0.05, 0) is 19.9 Å². The number of likely N-dealkylation sites (N-methyl/N-ethyl adjacent to an activating group) is 1. The van der Waals surface area contributed by atoms with Crippen LogP contribution in [0.2, 0.25) is 0 Å². The number of carboxylic acids is 1. The first-order valence-electron chi connectivity index (χ1n) is 8.53. The van der Waals surface area contributed by atoms with Crippen molar-refractivity contribution in [2.24, 2.45) is 0 Å². The van der Waals surface area contributed by atoms with E-state index in [0.717, 1.165) is 39.0 Å². The maximum absolute atomic E-state index is 12.3. The lowest BCUT2D eigenvalue weighted by atomic mass is 10.0. The van der Waals surface area contributed by atoms with Crippen molar-refractivity contribution in [1.82, 2.24) is 14.7 Å². The Morgan fingerprint density at radius 1 is 1.30 bits per heavy atom. The van der Waals surface area contributed by atoms with E-state index in [0.29, 0.717) is 13.0 Å². The normalized spacial score (nSPS) is 28.8. The third kappa shape index (κ3) is 3.84. The van der Waals surface area contributed by atoms with E-state index >= 15 is 0 Å². The molecule has 0 aromatic rings. The van der Waals surface area contributed by atoms with Crippen LogP contribution in [-0.2, 0) is 14.3 Å². The van der Waals surface area contributed by atoms with E-state index in [1.54, 1.807) is 0 Å². The van der Waals surface area contributed by atoms with Gasteiger partial charge in [-0.1, -0.05) is 20.3 Å². The number of hydrogen-bond acceptors (Lipinski definition) is 5. The Hall–Kier alpha value is -1.18. The van der Waals surface area contributed by atoms with Crippen LogP contribution in [0.3, 0.4) is 0 Å². The summed E-state index contributed by atoms with van der Waals surface area (Å²) in [5.41, 5.74) is -0.559. The van der Waals surface area contributed by atoms with Gasteiger partial charge < -0.3 is 19.6 Å². The zero-order valence-electron chi connectivity index (χ0n) is 14.5. The van der Waals surface area contributed by atoms with Crippen LogP contribution in [0.15, 0.2) is 0 Å². The van der Waals surface area contributed by atoms with Crippen LogP contribution in [0.5, 0.6) is 0 Å². The van der Waals surface area contributed by atoms with Crippen molar-refractivity contribution in [2.45, 2.75) is 44.9 Å². The van der Waals surface area contributed by atoms with E-state index in [-0.39, 0.29) is 12.5 Å². The lowest BCUT2D eigenvalue weighted by Crippen LogP contribution is -2.67. The van der Waals surface area contributed by atoms with Gasteiger partial charge in [0.25, 0.3) is 0 Å². The number of ether oxygens (including phenoxy) is 1. The van der Waals surface area contributed by atoms with Gasteiger partial charge in [0.2, 0.25) is 5.91 Å². The highest BCUT2D eigenvalue weighted by Crippen LogP contribution is 2.29. The van der Waals surface area contributed by atoms with Crippen LogP contribution < -0.4 is 0 Å². The highest BCUT2D eigenvalue weighted by molar-refractivity contribution is 5.85. The highest BCUT2D eigenvalue weighted by Gasteiger charge is 2.46. The predicted molar refractivity (Wildman–Crippen MR) is 86.1 cm³/mol. The summed E-state index contributed by atoms with van der Waals surface area (Å²) in [6.07, 6.45) is 1.94. The Labute approximate surface area is 138 Å². The molecule has 2 unspecified atom stereocenters. The van der Waals surface area contributed by atoms with Crippen molar-refractivity contribution in [1.29, 1.82) is 0 Å². The molecule has 2 atom stereocenters. The molecule has 2 aliphatic heterocycles. The molecular formula is C16H29N3O4. The summed E-state index contributed by atoms with van der Waals surface area (Å²) < 4.78 is 5.96. The highest BCUT2D eigenvalue weighted by atomic mass is 16.5. The molecule has 0 aliphatic carbocycles. The summed E-state index contributed by atoms with van der Waals surface area (Å²) in [5, 5.41) is 9.51. The fourth-order valence-corrected chi connectivity index (χ4v) is 3.49. The van der Waals surface area contributed by atoms with E-state index in [4.69, 9.17) is 4.74 Å². The molecule has 0 bridgehead atoms. The molecule has 7 nitrogen and oxygen atoms in total. The molecule has 132 valence electrons. The molecule has 2 rings (SSSR count). The number of nitrogens with zero attached hydrogens (tertiary/aromatic N) is 3. The topological polar surface area (TPSA) is 73.3 Å². The van der Waals surface area contributed by atoms with E-state index in [1.807, 2.05) is 13.8 Å². The van der Waals surface area contributed by atoms with Gasteiger partial charge in [-0.3, -0.25) is 9.69 Å². The number of piperazine rings is 1. The molecule has 0 radical (unpaired) electrons. The van der Waals surface area contributed by atoms with Gasteiger partial charge in [0.15, 0.2) is 0 Å². The third-order valence-electron chi connectivity index (χ3n) is 5.06. The molecule has 0 saturated carbocycles. The summed E-state index contributed by atoms with van der Waals surface area (Å²) in [6.45, 7) is 7.94. The first-order valence-corrected chi connectivity index (χ1v) is 8.53. The van der Waals surface area contributed by atoms with Gasteiger partial charge >= 0.3 is 5.97 Å². The van der Waals surface area contributed by atoms with E-state index in [9.17, 15) is 14.7 Å². The lowest BCUT2D eigenvalue weighted by Gasteiger charge is -2.51. The van der Waals surface area contributed by atoms with E-state index < -0.39 is 17.7 Å². The minimum absolute atomic E-state index is 0.0341. The number of rotatable bonds is 6. The van der Waals surface area contributed by atoms with Crippen molar-refractivity contribution in [3.63, 3.8) is 0 Å². The molecule has 1 amide bonds. The number of aliphatic carboxylic acids is 1. The van der Waals surface area contributed by atoms with Crippen LogP contribution in [0.25, 0.3) is 0 Å². The summed E-state index contributed by atoms with van der Waals surface area (Å²) >= 11 is 0. The Kier molecular flexibility index (Phi) is 6.00. The fourth-order valence-electron chi connectivity index (χ4n) is 3.49. The molecule has 0 spiro atoms. The van der Waals surface area contributed by atoms with Crippen molar-refractivity contribution >= 4 is 11.9 Å². The quantitative estimate of drug-likeness (QED) is 0.764. The molecule has 2 fully saturated rings. The molecular weight excluding hydrogens is 298 g/mol. The minimum Gasteiger partial charge on any atom is -0.480 e. The van der Waals surface area contributed by atoms with Crippen molar-refractivity contribution in [3.8, 4) is 0 Å². The van der Waals surface area contributed by atoms with Crippen LogP contribution in [0.1, 0.15) is 33.1 Å². The van der Waals surface area contributed by atoms with Gasteiger partial charge in [0, 0.05) is 26.2 Å². The molecule has 23 heavy (non-hydrogen) atoms. The number of hydrogen-bond donors (Lipinski definition) is 1. The molecule has 2 aliphatic rings. The number of morpholine rings is 1. The van der Waals surface area contributed by atoms with E-state index in [2.05, 4.69) is 16.8 Å². The maximum atomic E-state index is 12.3. The van der Waals surface area contributed by atoms with Crippen LogP contribution >= 0.6 is 0 Å². The Bertz CT molecular complexity index is 437. The number of carbonyl (C=O) groups excluding carboxylic acids is 1. The minimum atomic E-state index is -0.925. The second kappa shape index (κ2) is 7.59. The smallest absolute Gasteiger partial charge is 0.326 e. The SMILES string of the molecule is CCCC(C(=O)O)N1CC(CC)(N2CCN(C)CC2)OCC1=O. The number of amides is 1. The molecule has 0 aromatic carbocycles. The van der Waals surface area contributed by atoms with Crippen molar-refractivity contribution < 1.29 is 19.4 Å². The fraction of sp³-hybridized carbons (Fsp3) is 0.875. The molecule has 2 saturated heterocycles. The van der Waals surface area contributed by atoms with Gasteiger partial charge in [0.05, 0.1) is 6.54 Å². The molecule has 0 aromatic heterocycles. The standard InChI is InChI=1S/C16H29N3O4/c1-4-6-13(15(21)22)19-12-16(5-2,23-11-14(19)20)18-9-7-17(3)8-10-18/h13H,4-12H2,1-3H3,(H,21,22). The third-order valence-corrected chi connectivity index (χ3v) is 5.06. The monoisotopic (exact) mass is 327 g/mol. The second-order valence-corrected chi connectivity index (χ2v) is 6.54. The average Bonchev–Trinajstić information content (AvgIpc) is 2.54. The number of carbonyl (C=O) groups is 2. The predicted octanol–water partition coefficient (Wildman–Crippen LogP) is 0.452. The summed E-state index contributed by atoms with van der Waals surface area (Å²) in [7, 11) is 2.09. The summed E-state index contributed by atoms with van der Waals surface area (Å²) in [4.78, 5) is 29.9. The Balaban J connectivity index is 2.18. The molecule has 2 heterocycles. The van der Waals surface area contributed by atoms with Crippen molar-refractivity contribution in [3.05, 3.63) is 0 Å². The first-order chi connectivity index (χ1) is 10.9. The average molecular weight is 327 g/mol. The number of carboxylic acid groups (broad SMARTS) is 1. The van der Waals surface area contributed by atoms with Gasteiger partial charge in [0.1, 0.15) is 18.4 Å². The Morgan fingerprint density at radius 3 is 2.48 bits per heavy atom. The lowest BCUT2D eigenvalue weighted by molar-refractivity contribution is -0.215. The van der Waals surface area contributed by atoms with Crippen LogP contribution in [-0.4, -0.2) is 89.8 Å². The summed E-state index contributed by atoms with van der Waals surface area (Å²) in [6, 6.07) is -0.755. The van der Waals surface area contributed by atoms with Gasteiger partial charge in [-0.25, -0.2) is 4.79 Å². The van der Waals surface area contributed by atoms with Crippen LogP contribution in [0, 0.1) is 0 Å². The zero-order valence-corrected chi connectivity index (χ0v) is 14.5. The largest absolute Gasteiger partial charge is 0.480 e. The second-order valence-electron chi connectivity index (χ2n) is 6.54. The van der Waals surface area contributed by atoms with E-state index in [1.165, 1.54) is 4.90 Å². The van der Waals surface area contributed by atoms with Crippen LogP contribution in [0.4, 0.5) is 0 Å². The molecule has 1 N–H and O–H groups in total. The van der Waals surface area contributed by atoms with Crippen molar-refractivity contribution in [2.75, 3.05) is 46.4 Å². The maximum Gasteiger partial charge on any atom is 0.326 e. The Morgan fingerprint density at radius 2 is 1.96 bits per heavy atom. The van der Waals surface area contributed by atoms with Gasteiger partial charge in [-0.2, -0.15) is 0 Å².